The number of hydrogen-bond acceptors (Lipinski definition) is 2. The van der Waals surface area contributed by atoms with Crippen LogP contribution in [0.2, 0.25) is 0 Å². The number of likely N-dealkylation sites (tertiary alicyclic amines) is 1. The first-order valence-corrected chi connectivity index (χ1v) is 5.88. The van der Waals surface area contributed by atoms with E-state index in [4.69, 9.17) is 0 Å². The first-order chi connectivity index (χ1) is 6.42. The number of hydrogen-bond donors (Lipinski definition) is 1. The summed E-state index contributed by atoms with van der Waals surface area (Å²) >= 11 is 0. The molecule has 0 unspecified atom stereocenters. The Labute approximate surface area is 81.7 Å². The molecule has 0 amide bonds. The van der Waals surface area contributed by atoms with Crippen molar-refractivity contribution in [3.8, 4) is 0 Å². The van der Waals surface area contributed by atoms with Gasteiger partial charge in [-0.05, 0) is 51.7 Å². The summed E-state index contributed by atoms with van der Waals surface area (Å²) in [5.41, 5.74) is 0. The quantitative estimate of drug-likeness (QED) is 0.698. The molecular weight excluding hydrogens is 160 g/mol. The van der Waals surface area contributed by atoms with Gasteiger partial charge in [0.25, 0.3) is 0 Å². The Bertz CT molecular complexity index is 152. The fraction of sp³-hybridized carbons (Fsp3) is 1.00. The molecule has 13 heavy (non-hydrogen) atoms. The van der Waals surface area contributed by atoms with E-state index in [2.05, 4.69) is 17.1 Å². The molecule has 0 aliphatic carbocycles. The zero-order valence-electron chi connectivity index (χ0n) is 8.76. The SMILES string of the molecule is CC[C@@H]1CCCN1C1CCNCC1. The first kappa shape index (κ1) is 9.47. The standard InChI is InChI=1S/C11H22N2/c1-2-10-4-3-9-13(10)11-5-7-12-8-6-11/h10-12H,2-9H2,1H3/t10-/m1/s1. The van der Waals surface area contributed by atoms with Gasteiger partial charge in [0, 0.05) is 12.1 Å². The van der Waals surface area contributed by atoms with E-state index < -0.39 is 0 Å². The summed E-state index contributed by atoms with van der Waals surface area (Å²) in [6.45, 7) is 6.17. The van der Waals surface area contributed by atoms with Crippen LogP contribution in [-0.4, -0.2) is 36.6 Å². The van der Waals surface area contributed by atoms with E-state index in [-0.39, 0.29) is 0 Å². The predicted octanol–water partition coefficient (Wildman–Crippen LogP) is 1.61. The third-order valence-electron chi connectivity index (χ3n) is 3.67. The Morgan fingerprint density at radius 1 is 1.23 bits per heavy atom. The molecule has 0 aromatic carbocycles. The fourth-order valence-electron chi connectivity index (χ4n) is 2.92. The van der Waals surface area contributed by atoms with E-state index in [1.54, 1.807) is 0 Å². The lowest BCUT2D eigenvalue weighted by Crippen LogP contribution is -2.45. The monoisotopic (exact) mass is 182 g/mol. The highest BCUT2D eigenvalue weighted by Gasteiger charge is 2.29. The number of piperidine rings is 1. The van der Waals surface area contributed by atoms with E-state index in [1.165, 1.54) is 51.7 Å². The Kier molecular flexibility index (Phi) is 3.23. The van der Waals surface area contributed by atoms with Crippen LogP contribution in [0, 0.1) is 0 Å². The third-order valence-corrected chi connectivity index (χ3v) is 3.67. The second-order valence-electron chi connectivity index (χ2n) is 4.42. The molecule has 2 aliphatic rings. The average molecular weight is 182 g/mol. The Hall–Kier alpha value is -0.0800. The van der Waals surface area contributed by atoms with Crippen LogP contribution < -0.4 is 5.32 Å². The first-order valence-electron chi connectivity index (χ1n) is 5.88. The van der Waals surface area contributed by atoms with E-state index in [0.717, 1.165) is 12.1 Å². The summed E-state index contributed by atoms with van der Waals surface area (Å²) in [7, 11) is 0. The molecule has 0 bridgehead atoms. The van der Waals surface area contributed by atoms with Gasteiger partial charge in [0.2, 0.25) is 0 Å². The molecule has 0 saturated carbocycles. The molecule has 2 saturated heterocycles. The van der Waals surface area contributed by atoms with Crippen molar-refractivity contribution in [2.75, 3.05) is 19.6 Å². The van der Waals surface area contributed by atoms with Crippen molar-refractivity contribution >= 4 is 0 Å². The molecule has 0 spiro atoms. The van der Waals surface area contributed by atoms with Gasteiger partial charge in [-0.15, -0.1) is 0 Å². The van der Waals surface area contributed by atoms with Gasteiger partial charge in [0.1, 0.15) is 0 Å². The van der Waals surface area contributed by atoms with Crippen molar-refractivity contribution in [3.63, 3.8) is 0 Å². The van der Waals surface area contributed by atoms with E-state index in [9.17, 15) is 0 Å². The van der Waals surface area contributed by atoms with Crippen LogP contribution in [0.5, 0.6) is 0 Å². The van der Waals surface area contributed by atoms with E-state index in [0.29, 0.717) is 0 Å². The summed E-state index contributed by atoms with van der Waals surface area (Å²) in [6, 6.07) is 1.80. The minimum Gasteiger partial charge on any atom is -0.317 e. The second kappa shape index (κ2) is 4.43. The van der Waals surface area contributed by atoms with Gasteiger partial charge in [-0.2, -0.15) is 0 Å². The molecule has 0 radical (unpaired) electrons. The molecule has 0 aromatic heterocycles. The van der Waals surface area contributed by atoms with Crippen LogP contribution in [0.1, 0.15) is 39.0 Å². The lowest BCUT2D eigenvalue weighted by atomic mass is 10.0. The molecule has 2 heteroatoms. The lowest BCUT2D eigenvalue weighted by molar-refractivity contribution is 0.145. The molecule has 1 atom stereocenters. The molecule has 2 fully saturated rings. The normalized spacial score (nSPS) is 32.5. The summed E-state index contributed by atoms with van der Waals surface area (Å²) in [5, 5.41) is 3.44. The van der Waals surface area contributed by atoms with Gasteiger partial charge in [-0.25, -0.2) is 0 Å². The van der Waals surface area contributed by atoms with E-state index >= 15 is 0 Å². The van der Waals surface area contributed by atoms with Crippen LogP contribution in [0.25, 0.3) is 0 Å². The van der Waals surface area contributed by atoms with Crippen LogP contribution in [-0.2, 0) is 0 Å². The van der Waals surface area contributed by atoms with Gasteiger partial charge >= 0.3 is 0 Å². The number of nitrogens with one attached hydrogen (secondary N) is 1. The van der Waals surface area contributed by atoms with Crippen molar-refractivity contribution in [2.24, 2.45) is 0 Å². The summed E-state index contributed by atoms with van der Waals surface area (Å²) in [4.78, 5) is 2.78. The topological polar surface area (TPSA) is 15.3 Å². The van der Waals surface area contributed by atoms with Crippen molar-refractivity contribution in [3.05, 3.63) is 0 Å². The molecule has 76 valence electrons. The average Bonchev–Trinajstić information content (AvgIpc) is 2.67. The van der Waals surface area contributed by atoms with Crippen LogP contribution in [0.3, 0.4) is 0 Å². The maximum absolute atomic E-state index is 3.44. The fourth-order valence-corrected chi connectivity index (χ4v) is 2.92. The molecule has 2 nitrogen and oxygen atoms in total. The van der Waals surface area contributed by atoms with Crippen molar-refractivity contribution in [1.29, 1.82) is 0 Å². The summed E-state index contributed by atoms with van der Waals surface area (Å²) < 4.78 is 0. The summed E-state index contributed by atoms with van der Waals surface area (Å²) in [6.07, 6.45) is 6.97. The number of nitrogens with zero attached hydrogens (tertiary/aromatic N) is 1. The predicted molar refractivity (Wildman–Crippen MR) is 55.9 cm³/mol. The van der Waals surface area contributed by atoms with Gasteiger partial charge in [0.05, 0.1) is 0 Å². The minimum atomic E-state index is 0.897. The molecule has 2 rings (SSSR count). The van der Waals surface area contributed by atoms with Gasteiger partial charge in [0.15, 0.2) is 0 Å². The zero-order chi connectivity index (χ0) is 9.10. The Morgan fingerprint density at radius 2 is 2.00 bits per heavy atom. The highest BCUT2D eigenvalue weighted by molar-refractivity contribution is 4.86. The molecule has 1 N–H and O–H groups in total. The van der Waals surface area contributed by atoms with E-state index in [1.807, 2.05) is 0 Å². The zero-order valence-corrected chi connectivity index (χ0v) is 8.76. The molecule has 0 aromatic rings. The van der Waals surface area contributed by atoms with Crippen molar-refractivity contribution in [2.45, 2.75) is 51.1 Å². The van der Waals surface area contributed by atoms with Gasteiger partial charge in [-0.3, -0.25) is 4.90 Å². The second-order valence-corrected chi connectivity index (χ2v) is 4.42. The molecule has 2 aliphatic heterocycles. The Balaban J connectivity index is 1.90. The smallest absolute Gasteiger partial charge is 0.0122 e. The Morgan fingerprint density at radius 3 is 2.69 bits per heavy atom. The molecular formula is C11H22N2. The maximum atomic E-state index is 3.44. The highest BCUT2D eigenvalue weighted by Crippen LogP contribution is 2.25. The maximum Gasteiger partial charge on any atom is 0.0122 e. The third kappa shape index (κ3) is 2.05. The highest BCUT2D eigenvalue weighted by atomic mass is 15.2. The van der Waals surface area contributed by atoms with Crippen LogP contribution in [0.4, 0.5) is 0 Å². The largest absolute Gasteiger partial charge is 0.317 e. The van der Waals surface area contributed by atoms with Crippen molar-refractivity contribution in [1.82, 2.24) is 10.2 Å². The van der Waals surface area contributed by atoms with Crippen molar-refractivity contribution < 1.29 is 0 Å². The van der Waals surface area contributed by atoms with Crippen LogP contribution in [0.15, 0.2) is 0 Å². The van der Waals surface area contributed by atoms with Crippen LogP contribution >= 0.6 is 0 Å². The molecule has 2 heterocycles. The lowest BCUT2D eigenvalue weighted by Gasteiger charge is -2.35. The summed E-state index contributed by atoms with van der Waals surface area (Å²) in [5.74, 6) is 0. The van der Waals surface area contributed by atoms with Gasteiger partial charge < -0.3 is 5.32 Å². The van der Waals surface area contributed by atoms with Gasteiger partial charge in [-0.1, -0.05) is 6.92 Å². The number of rotatable bonds is 2. The minimum absolute atomic E-state index is 0.897.